The van der Waals surface area contributed by atoms with Gasteiger partial charge in [-0.2, -0.15) is 0 Å². The summed E-state index contributed by atoms with van der Waals surface area (Å²) in [5.74, 6) is 0.876. The number of nitrogens with zero attached hydrogens (tertiary/aromatic N) is 2. The van der Waals surface area contributed by atoms with Crippen LogP contribution in [-0.2, 0) is 0 Å². The van der Waals surface area contributed by atoms with Gasteiger partial charge in [-0.25, -0.2) is 4.98 Å². The molecule has 1 aliphatic heterocycles. The molecular weight excluding hydrogens is 350 g/mol. The Balaban J connectivity index is 1.76. The first-order valence-corrected chi connectivity index (χ1v) is 9.70. The van der Waals surface area contributed by atoms with E-state index in [9.17, 15) is 4.79 Å². The molecule has 1 fully saturated rings. The van der Waals surface area contributed by atoms with Crippen LogP contribution < -0.4 is 10.1 Å². The molecule has 1 amide bonds. The van der Waals surface area contributed by atoms with Crippen LogP contribution in [0, 0.1) is 0 Å². The number of para-hydroxylation sites is 1. The molecule has 4 rings (SSSR count). The second kappa shape index (κ2) is 7.98. The number of hydrogen-bond donors (Lipinski definition) is 1. The van der Waals surface area contributed by atoms with Crippen molar-refractivity contribution in [2.75, 3.05) is 27.2 Å². The zero-order valence-electron chi connectivity index (χ0n) is 16.3. The van der Waals surface area contributed by atoms with Crippen molar-refractivity contribution >= 4 is 16.8 Å². The summed E-state index contributed by atoms with van der Waals surface area (Å²) in [6.07, 6.45) is 2.13. The van der Waals surface area contributed by atoms with Crippen LogP contribution in [-0.4, -0.2) is 49.1 Å². The summed E-state index contributed by atoms with van der Waals surface area (Å²) < 4.78 is 5.25. The molecule has 0 saturated carbocycles. The lowest BCUT2D eigenvalue weighted by Gasteiger charge is -2.33. The van der Waals surface area contributed by atoms with Crippen LogP contribution in [0.1, 0.15) is 23.2 Å². The van der Waals surface area contributed by atoms with Gasteiger partial charge in [-0.3, -0.25) is 4.79 Å². The minimum atomic E-state index is 0.0771. The van der Waals surface area contributed by atoms with E-state index in [1.165, 1.54) is 0 Å². The van der Waals surface area contributed by atoms with Crippen LogP contribution in [0.5, 0.6) is 5.75 Å². The quantitative estimate of drug-likeness (QED) is 0.755. The van der Waals surface area contributed by atoms with Crippen LogP contribution >= 0.6 is 0 Å². The van der Waals surface area contributed by atoms with Crippen LogP contribution in [0.3, 0.4) is 0 Å². The summed E-state index contributed by atoms with van der Waals surface area (Å²) >= 11 is 0. The van der Waals surface area contributed by atoms with E-state index in [0.29, 0.717) is 11.6 Å². The first-order chi connectivity index (χ1) is 13.7. The fourth-order valence-corrected chi connectivity index (χ4v) is 3.83. The highest BCUT2D eigenvalue weighted by Crippen LogP contribution is 2.27. The van der Waals surface area contributed by atoms with Gasteiger partial charge in [-0.05, 0) is 56.3 Å². The van der Waals surface area contributed by atoms with E-state index in [0.717, 1.165) is 53.8 Å². The molecule has 1 unspecified atom stereocenters. The van der Waals surface area contributed by atoms with E-state index < -0.39 is 0 Å². The highest BCUT2D eigenvalue weighted by atomic mass is 16.5. The lowest BCUT2D eigenvalue weighted by molar-refractivity contribution is 0.0700. The molecule has 0 aliphatic carbocycles. The minimum absolute atomic E-state index is 0.0771. The van der Waals surface area contributed by atoms with Crippen molar-refractivity contribution in [3.8, 4) is 17.0 Å². The Labute approximate surface area is 165 Å². The van der Waals surface area contributed by atoms with Gasteiger partial charge >= 0.3 is 0 Å². The Bertz CT molecular complexity index is 985. The Morgan fingerprint density at radius 3 is 2.71 bits per heavy atom. The number of benzene rings is 2. The molecule has 144 valence electrons. The largest absolute Gasteiger partial charge is 0.497 e. The number of likely N-dealkylation sites (N-methyl/N-ethyl adjacent to an activating group) is 1. The molecule has 0 radical (unpaired) electrons. The molecule has 1 aliphatic rings. The number of amides is 1. The topological polar surface area (TPSA) is 54.5 Å². The van der Waals surface area contributed by atoms with Gasteiger partial charge in [0.2, 0.25) is 0 Å². The fraction of sp³-hybridized carbons (Fsp3) is 0.304. The van der Waals surface area contributed by atoms with E-state index in [1.807, 2.05) is 66.5 Å². The number of methoxy groups -OCH3 is 1. The van der Waals surface area contributed by atoms with Crippen LogP contribution in [0.4, 0.5) is 0 Å². The average molecular weight is 375 g/mol. The number of rotatable bonds is 4. The molecule has 0 bridgehead atoms. The highest BCUT2D eigenvalue weighted by Gasteiger charge is 2.25. The number of likely N-dealkylation sites (tertiary alicyclic amines) is 1. The summed E-state index contributed by atoms with van der Waals surface area (Å²) in [6.45, 7) is 1.54. The van der Waals surface area contributed by atoms with Crippen molar-refractivity contribution in [3.05, 3.63) is 60.2 Å². The van der Waals surface area contributed by atoms with Gasteiger partial charge < -0.3 is 15.0 Å². The van der Waals surface area contributed by atoms with Crippen LogP contribution in [0.2, 0.25) is 0 Å². The van der Waals surface area contributed by atoms with Crippen molar-refractivity contribution in [3.63, 3.8) is 0 Å². The van der Waals surface area contributed by atoms with Crippen LogP contribution in [0.25, 0.3) is 22.2 Å². The van der Waals surface area contributed by atoms with E-state index in [2.05, 4.69) is 5.32 Å². The number of piperidine rings is 1. The molecular formula is C23H25N3O2. The summed E-state index contributed by atoms with van der Waals surface area (Å²) in [4.78, 5) is 20.2. The van der Waals surface area contributed by atoms with Gasteiger partial charge in [0.15, 0.2) is 0 Å². The van der Waals surface area contributed by atoms with E-state index >= 15 is 0 Å². The Morgan fingerprint density at radius 2 is 1.96 bits per heavy atom. The number of carbonyl (C=O) groups excluding carboxylic acids is 1. The molecule has 1 N–H and O–H groups in total. The highest BCUT2D eigenvalue weighted by molar-refractivity contribution is 6.07. The number of aromatic nitrogens is 1. The molecule has 0 spiro atoms. The van der Waals surface area contributed by atoms with Gasteiger partial charge in [-0.15, -0.1) is 0 Å². The minimum Gasteiger partial charge on any atom is -0.497 e. The number of pyridine rings is 1. The molecule has 2 aromatic carbocycles. The van der Waals surface area contributed by atoms with Crippen LogP contribution in [0.15, 0.2) is 54.6 Å². The predicted molar refractivity (Wildman–Crippen MR) is 112 cm³/mol. The summed E-state index contributed by atoms with van der Waals surface area (Å²) in [5.41, 5.74) is 3.31. The molecule has 1 atom stereocenters. The standard InChI is InChI=1S/C23H25N3O2/c1-24-17-6-5-13-26(15-17)23(27)20-14-22(16-9-11-18(28-2)12-10-16)25-21-8-4-3-7-19(20)21/h3-4,7-12,14,17,24H,5-6,13,15H2,1-2H3. The van der Waals surface area contributed by atoms with Gasteiger partial charge in [-0.1, -0.05) is 18.2 Å². The maximum atomic E-state index is 13.4. The Hall–Kier alpha value is -2.92. The number of ether oxygens (including phenoxy) is 1. The molecule has 1 aromatic heterocycles. The van der Waals surface area contributed by atoms with Gasteiger partial charge in [0, 0.05) is 30.1 Å². The Kier molecular flexibility index (Phi) is 5.26. The molecule has 1 saturated heterocycles. The SMILES string of the molecule is CNC1CCCN(C(=O)c2cc(-c3ccc(OC)cc3)nc3ccccc23)C1. The monoisotopic (exact) mass is 375 g/mol. The summed E-state index contributed by atoms with van der Waals surface area (Å²) in [7, 11) is 3.61. The van der Waals surface area contributed by atoms with E-state index in [1.54, 1.807) is 7.11 Å². The average Bonchev–Trinajstić information content (AvgIpc) is 2.78. The third-order valence-corrected chi connectivity index (χ3v) is 5.45. The summed E-state index contributed by atoms with van der Waals surface area (Å²) in [6, 6.07) is 17.9. The second-order valence-electron chi connectivity index (χ2n) is 7.18. The van der Waals surface area contributed by atoms with E-state index in [4.69, 9.17) is 9.72 Å². The first kappa shape index (κ1) is 18.4. The maximum Gasteiger partial charge on any atom is 0.254 e. The van der Waals surface area contributed by atoms with Gasteiger partial charge in [0.05, 0.1) is 23.9 Å². The van der Waals surface area contributed by atoms with Gasteiger partial charge in [0.25, 0.3) is 5.91 Å². The summed E-state index contributed by atoms with van der Waals surface area (Å²) in [5, 5.41) is 4.21. The number of fused-ring (bicyclic) bond motifs is 1. The van der Waals surface area contributed by atoms with Crippen molar-refractivity contribution in [2.45, 2.75) is 18.9 Å². The Morgan fingerprint density at radius 1 is 1.18 bits per heavy atom. The zero-order valence-corrected chi connectivity index (χ0v) is 16.3. The third-order valence-electron chi connectivity index (χ3n) is 5.45. The first-order valence-electron chi connectivity index (χ1n) is 9.70. The maximum absolute atomic E-state index is 13.4. The normalized spacial score (nSPS) is 16.9. The van der Waals surface area contributed by atoms with Gasteiger partial charge in [0.1, 0.15) is 5.75 Å². The predicted octanol–water partition coefficient (Wildman–Crippen LogP) is 3.73. The lowest BCUT2D eigenvalue weighted by atomic mass is 10.0. The number of carbonyl (C=O) groups is 1. The third kappa shape index (κ3) is 3.58. The number of nitrogens with one attached hydrogen (secondary N) is 1. The molecule has 5 heteroatoms. The van der Waals surface area contributed by atoms with Crippen molar-refractivity contribution in [2.24, 2.45) is 0 Å². The molecule has 5 nitrogen and oxygen atoms in total. The fourth-order valence-electron chi connectivity index (χ4n) is 3.83. The molecule has 3 aromatic rings. The smallest absolute Gasteiger partial charge is 0.254 e. The lowest BCUT2D eigenvalue weighted by Crippen LogP contribution is -2.47. The number of hydrogen-bond acceptors (Lipinski definition) is 4. The molecule has 2 heterocycles. The van der Waals surface area contributed by atoms with Crippen molar-refractivity contribution < 1.29 is 9.53 Å². The van der Waals surface area contributed by atoms with Crippen molar-refractivity contribution in [1.82, 2.24) is 15.2 Å². The molecule has 28 heavy (non-hydrogen) atoms. The second-order valence-corrected chi connectivity index (χ2v) is 7.18. The zero-order chi connectivity index (χ0) is 19.5. The van der Waals surface area contributed by atoms with E-state index in [-0.39, 0.29) is 5.91 Å². The van der Waals surface area contributed by atoms with Crippen molar-refractivity contribution in [1.29, 1.82) is 0 Å².